The quantitative estimate of drug-likeness (QED) is 0.163. The van der Waals surface area contributed by atoms with Gasteiger partial charge in [-0.3, -0.25) is 0 Å². The Morgan fingerprint density at radius 3 is 1.90 bits per heavy atom. The maximum atomic E-state index is 2.51. The zero-order chi connectivity index (χ0) is 39.9. The third kappa shape index (κ3) is 5.90. The predicted octanol–water partition coefficient (Wildman–Crippen LogP) is 16.3. The second-order valence-electron chi connectivity index (χ2n) is 17.6. The monoisotopic (exact) mass is 778 g/mol. The third-order valence-electron chi connectivity index (χ3n) is 13.1. The van der Waals surface area contributed by atoms with Gasteiger partial charge in [0.15, 0.2) is 0 Å². The standard InChI is InChI=1S/C56H46N2S/c1-55(2)31-32-56(3,4)49-35-41(25-29-48(49)55)58-51-22-14-12-20-44(51)45-28-24-42(36-52(45)58)57(50-21-13-11-19-43(50)38-17-9-6-10-18-38)40-26-30-53-47(34-40)46-27-23-39(33-54(46)59-53)37-15-7-5-8-16-37/h5-30,33-36H,31-32H2,1-4H3. The Morgan fingerprint density at radius 1 is 0.441 bits per heavy atom. The van der Waals surface area contributed by atoms with Crippen LogP contribution in [0.25, 0.3) is 69.9 Å². The van der Waals surface area contributed by atoms with Crippen LogP contribution in [-0.4, -0.2) is 4.57 Å². The molecule has 2 nitrogen and oxygen atoms in total. The van der Waals surface area contributed by atoms with Gasteiger partial charge in [-0.25, -0.2) is 0 Å². The highest BCUT2D eigenvalue weighted by atomic mass is 32.1. The van der Waals surface area contributed by atoms with Gasteiger partial charge in [0, 0.05) is 53.6 Å². The van der Waals surface area contributed by atoms with Crippen molar-refractivity contribution in [3.63, 3.8) is 0 Å². The van der Waals surface area contributed by atoms with Gasteiger partial charge in [0.2, 0.25) is 0 Å². The summed E-state index contributed by atoms with van der Waals surface area (Å²) < 4.78 is 5.10. The van der Waals surface area contributed by atoms with E-state index in [9.17, 15) is 0 Å². The molecule has 0 N–H and O–H groups in total. The van der Waals surface area contributed by atoms with E-state index < -0.39 is 0 Å². The summed E-state index contributed by atoms with van der Waals surface area (Å²) in [7, 11) is 0. The summed E-state index contributed by atoms with van der Waals surface area (Å²) in [6.45, 7) is 9.67. The van der Waals surface area contributed by atoms with E-state index in [4.69, 9.17) is 0 Å². The van der Waals surface area contributed by atoms with Crippen LogP contribution in [0.4, 0.5) is 17.1 Å². The Morgan fingerprint density at radius 2 is 1.08 bits per heavy atom. The molecular weight excluding hydrogens is 733 g/mol. The summed E-state index contributed by atoms with van der Waals surface area (Å²) >= 11 is 1.87. The fourth-order valence-electron chi connectivity index (χ4n) is 9.76. The van der Waals surface area contributed by atoms with Crippen molar-refractivity contribution in [2.45, 2.75) is 51.4 Å². The molecule has 3 heteroatoms. The fourth-order valence-corrected chi connectivity index (χ4v) is 10.9. The van der Waals surface area contributed by atoms with E-state index in [1.165, 1.54) is 93.9 Å². The van der Waals surface area contributed by atoms with Gasteiger partial charge in [0.05, 0.1) is 16.7 Å². The number of rotatable bonds is 6. The molecule has 0 amide bonds. The van der Waals surface area contributed by atoms with E-state index in [-0.39, 0.29) is 10.8 Å². The van der Waals surface area contributed by atoms with Crippen LogP contribution >= 0.6 is 11.3 Å². The summed E-state index contributed by atoms with van der Waals surface area (Å²) in [4.78, 5) is 2.48. The number of thiophene rings is 1. The summed E-state index contributed by atoms with van der Waals surface area (Å²) in [5, 5.41) is 5.09. The molecule has 0 saturated carbocycles. The molecule has 0 unspecified atom stereocenters. The van der Waals surface area contributed by atoms with Crippen LogP contribution in [-0.2, 0) is 10.8 Å². The molecule has 59 heavy (non-hydrogen) atoms. The molecule has 0 fully saturated rings. The maximum Gasteiger partial charge on any atom is 0.0561 e. The number of anilines is 3. The number of fused-ring (bicyclic) bond motifs is 7. The highest BCUT2D eigenvalue weighted by molar-refractivity contribution is 7.25. The fraction of sp³-hybridized carbons (Fsp3) is 0.143. The highest BCUT2D eigenvalue weighted by Gasteiger charge is 2.37. The van der Waals surface area contributed by atoms with E-state index in [1.54, 1.807) is 0 Å². The summed E-state index contributed by atoms with van der Waals surface area (Å²) in [6, 6.07) is 67.6. The first-order valence-electron chi connectivity index (χ1n) is 20.9. The summed E-state index contributed by atoms with van der Waals surface area (Å²) in [6.07, 6.45) is 2.38. The molecule has 0 spiro atoms. The SMILES string of the molecule is CC1(C)CCC(C)(C)c2cc(-n3c4ccccc4c4ccc(N(c5ccc6sc7cc(-c8ccccc8)ccc7c6c5)c5ccccc5-c5ccccc5)cc43)ccc21. The number of nitrogens with zero attached hydrogens (tertiary/aromatic N) is 2. The maximum absolute atomic E-state index is 2.51. The Bertz CT molecular complexity index is 3220. The Hall–Kier alpha value is -6.42. The average molecular weight is 779 g/mol. The van der Waals surface area contributed by atoms with Crippen molar-refractivity contribution in [1.82, 2.24) is 4.57 Å². The van der Waals surface area contributed by atoms with Crippen LogP contribution in [0, 0.1) is 0 Å². The molecule has 11 rings (SSSR count). The minimum Gasteiger partial charge on any atom is -0.310 e. The molecular formula is C56H46N2S. The van der Waals surface area contributed by atoms with Crippen LogP contribution in [0.2, 0.25) is 0 Å². The molecule has 0 saturated heterocycles. The van der Waals surface area contributed by atoms with Gasteiger partial charge in [-0.2, -0.15) is 0 Å². The Kier molecular flexibility index (Phi) is 8.22. The molecule has 0 bridgehead atoms. The smallest absolute Gasteiger partial charge is 0.0561 e. The van der Waals surface area contributed by atoms with Crippen LogP contribution in [0.1, 0.15) is 51.7 Å². The van der Waals surface area contributed by atoms with Crippen molar-refractivity contribution in [3.05, 3.63) is 193 Å². The zero-order valence-corrected chi connectivity index (χ0v) is 34.9. The van der Waals surface area contributed by atoms with Gasteiger partial charge >= 0.3 is 0 Å². The second kappa shape index (κ2) is 13.6. The minimum atomic E-state index is 0.107. The molecule has 1 aliphatic carbocycles. The van der Waals surface area contributed by atoms with E-state index in [1.807, 2.05) is 11.3 Å². The Labute approximate surface area is 350 Å². The van der Waals surface area contributed by atoms with Gasteiger partial charge in [0.25, 0.3) is 0 Å². The average Bonchev–Trinajstić information content (AvgIpc) is 3.81. The topological polar surface area (TPSA) is 8.17 Å². The van der Waals surface area contributed by atoms with Gasteiger partial charge in [0.1, 0.15) is 0 Å². The molecule has 2 heterocycles. The largest absolute Gasteiger partial charge is 0.310 e. The van der Waals surface area contributed by atoms with Crippen LogP contribution in [0.15, 0.2) is 182 Å². The Balaban J connectivity index is 1.14. The van der Waals surface area contributed by atoms with Crippen molar-refractivity contribution in [2.24, 2.45) is 0 Å². The van der Waals surface area contributed by atoms with Crippen molar-refractivity contribution < 1.29 is 0 Å². The molecule has 2 aromatic heterocycles. The van der Waals surface area contributed by atoms with E-state index >= 15 is 0 Å². The van der Waals surface area contributed by atoms with Crippen molar-refractivity contribution in [1.29, 1.82) is 0 Å². The lowest BCUT2D eigenvalue weighted by Crippen LogP contribution is -2.33. The molecule has 1 aliphatic rings. The number of hydrogen-bond acceptors (Lipinski definition) is 2. The van der Waals surface area contributed by atoms with Gasteiger partial charge in [-0.15, -0.1) is 11.3 Å². The lowest BCUT2D eigenvalue weighted by atomic mass is 9.63. The molecule has 286 valence electrons. The van der Waals surface area contributed by atoms with Crippen molar-refractivity contribution in [2.75, 3.05) is 4.90 Å². The van der Waals surface area contributed by atoms with E-state index in [2.05, 4.69) is 219 Å². The second-order valence-corrected chi connectivity index (χ2v) is 18.7. The lowest BCUT2D eigenvalue weighted by molar-refractivity contribution is 0.332. The molecule has 0 aliphatic heterocycles. The van der Waals surface area contributed by atoms with Crippen molar-refractivity contribution in [3.8, 4) is 27.9 Å². The van der Waals surface area contributed by atoms with Crippen LogP contribution in [0.5, 0.6) is 0 Å². The number of para-hydroxylation sites is 2. The first kappa shape index (κ1) is 35.7. The van der Waals surface area contributed by atoms with Crippen LogP contribution in [0.3, 0.4) is 0 Å². The van der Waals surface area contributed by atoms with Gasteiger partial charge < -0.3 is 9.47 Å². The first-order valence-corrected chi connectivity index (χ1v) is 21.7. The van der Waals surface area contributed by atoms with Crippen molar-refractivity contribution >= 4 is 70.4 Å². The molecule has 8 aromatic carbocycles. The number of aromatic nitrogens is 1. The van der Waals surface area contributed by atoms with Crippen LogP contribution < -0.4 is 4.90 Å². The zero-order valence-electron chi connectivity index (χ0n) is 34.0. The third-order valence-corrected chi connectivity index (χ3v) is 14.2. The summed E-state index contributed by atoms with van der Waals surface area (Å²) in [5.74, 6) is 0. The number of benzene rings is 8. The first-order chi connectivity index (χ1) is 28.7. The van der Waals surface area contributed by atoms with Gasteiger partial charge in [-0.1, -0.05) is 149 Å². The molecule has 10 aromatic rings. The minimum absolute atomic E-state index is 0.107. The number of hydrogen-bond donors (Lipinski definition) is 0. The summed E-state index contributed by atoms with van der Waals surface area (Å²) in [5.41, 5.74) is 15.1. The molecule has 0 radical (unpaired) electrons. The van der Waals surface area contributed by atoms with Gasteiger partial charge in [-0.05, 0) is 112 Å². The predicted molar refractivity (Wildman–Crippen MR) is 255 cm³/mol. The molecule has 0 atom stereocenters. The van der Waals surface area contributed by atoms with E-state index in [0.717, 1.165) is 17.1 Å². The highest BCUT2D eigenvalue weighted by Crippen LogP contribution is 2.48. The van der Waals surface area contributed by atoms with E-state index in [0.29, 0.717) is 0 Å². The normalized spacial score (nSPS) is 14.6. The lowest BCUT2D eigenvalue weighted by Gasteiger charge is -2.42.